The molecule has 0 aromatic heterocycles. The summed E-state index contributed by atoms with van der Waals surface area (Å²) in [5, 5.41) is 14.8. The van der Waals surface area contributed by atoms with E-state index in [-0.39, 0.29) is 17.0 Å². The number of carbonyl (C=O) groups is 2. The van der Waals surface area contributed by atoms with Crippen molar-refractivity contribution in [2.45, 2.75) is 0 Å². The van der Waals surface area contributed by atoms with Gasteiger partial charge in [-0.3, -0.25) is 14.9 Å². The number of non-ortho nitro benzene ring substituents is 1. The van der Waals surface area contributed by atoms with E-state index in [0.717, 1.165) is 6.07 Å². The first-order valence-corrected chi connectivity index (χ1v) is 9.53. The van der Waals surface area contributed by atoms with Crippen molar-refractivity contribution in [3.8, 4) is 17.2 Å². The summed E-state index contributed by atoms with van der Waals surface area (Å²) in [4.78, 5) is 34.9. The average molecular weight is 449 g/mol. The Hall–Kier alpha value is -4.73. The first-order valence-electron chi connectivity index (χ1n) is 9.53. The highest BCUT2D eigenvalue weighted by atomic mass is 16.6. The minimum atomic E-state index is -0.741. The van der Waals surface area contributed by atoms with Crippen molar-refractivity contribution in [1.82, 2.24) is 5.43 Å². The van der Waals surface area contributed by atoms with Crippen molar-refractivity contribution in [1.29, 1.82) is 0 Å². The van der Waals surface area contributed by atoms with E-state index in [0.29, 0.717) is 22.6 Å². The third-order valence-corrected chi connectivity index (χ3v) is 4.39. The number of methoxy groups -OCH3 is 2. The van der Waals surface area contributed by atoms with Crippen LogP contribution < -0.4 is 19.6 Å². The maximum atomic E-state index is 12.3. The molecule has 0 spiro atoms. The van der Waals surface area contributed by atoms with E-state index >= 15 is 0 Å². The van der Waals surface area contributed by atoms with E-state index in [1.807, 2.05) is 0 Å². The molecule has 33 heavy (non-hydrogen) atoms. The number of nitro benzene ring substituents is 1. The van der Waals surface area contributed by atoms with Gasteiger partial charge in [-0.1, -0.05) is 18.2 Å². The maximum absolute atomic E-state index is 12.3. The number of rotatable bonds is 8. The quantitative estimate of drug-likeness (QED) is 0.183. The molecule has 0 fully saturated rings. The largest absolute Gasteiger partial charge is 0.493 e. The smallest absolute Gasteiger partial charge is 0.343 e. The molecule has 0 saturated heterocycles. The SMILES string of the molecule is COc1ccc(C(=O)NN=Cc2cccc(OC(=O)c3cccc([N+](=O)[O-])c3)c2)cc1OC. The van der Waals surface area contributed by atoms with Gasteiger partial charge in [0.1, 0.15) is 5.75 Å². The third kappa shape index (κ3) is 5.91. The lowest BCUT2D eigenvalue weighted by molar-refractivity contribution is -0.384. The second-order valence-corrected chi connectivity index (χ2v) is 6.54. The number of hydrazone groups is 1. The summed E-state index contributed by atoms with van der Waals surface area (Å²) in [6, 6.07) is 16.3. The van der Waals surface area contributed by atoms with Crippen LogP contribution in [0.4, 0.5) is 5.69 Å². The molecule has 3 aromatic rings. The summed E-state index contributed by atoms with van der Waals surface area (Å²) < 4.78 is 15.6. The molecule has 0 saturated carbocycles. The summed E-state index contributed by atoms with van der Waals surface area (Å²) in [6.07, 6.45) is 1.38. The molecule has 3 aromatic carbocycles. The number of nitrogens with one attached hydrogen (secondary N) is 1. The summed E-state index contributed by atoms with van der Waals surface area (Å²) in [5.74, 6) is -0.0851. The molecule has 10 nitrogen and oxygen atoms in total. The first-order chi connectivity index (χ1) is 15.9. The zero-order valence-corrected chi connectivity index (χ0v) is 17.7. The Labute approximate surface area is 188 Å². The Morgan fingerprint density at radius 3 is 2.42 bits per heavy atom. The average Bonchev–Trinajstić information content (AvgIpc) is 2.83. The molecule has 0 radical (unpaired) electrons. The summed E-state index contributed by atoms with van der Waals surface area (Å²) in [6.45, 7) is 0. The molecule has 0 aliphatic carbocycles. The molecule has 1 N–H and O–H groups in total. The van der Waals surface area contributed by atoms with Gasteiger partial charge in [0.2, 0.25) is 0 Å². The number of carbonyl (C=O) groups excluding carboxylic acids is 2. The van der Waals surface area contributed by atoms with Gasteiger partial charge in [-0.2, -0.15) is 5.10 Å². The molecule has 1 amide bonds. The molecule has 168 valence electrons. The number of nitrogens with zero attached hydrogens (tertiary/aromatic N) is 2. The zero-order chi connectivity index (χ0) is 23.8. The van der Waals surface area contributed by atoms with Gasteiger partial charge in [0.05, 0.1) is 30.9 Å². The number of hydrogen-bond donors (Lipinski definition) is 1. The number of nitro groups is 1. The van der Waals surface area contributed by atoms with Gasteiger partial charge in [-0.25, -0.2) is 10.2 Å². The van der Waals surface area contributed by atoms with E-state index in [9.17, 15) is 19.7 Å². The Morgan fingerprint density at radius 1 is 0.939 bits per heavy atom. The van der Waals surface area contributed by atoms with Gasteiger partial charge in [-0.15, -0.1) is 0 Å². The lowest BCUT2D eigenvalue weighted by atomic mass is 10.2. The van der Waals surface area contributed by atoms with Gasteiger partial charge in [0.25, 0.3) is 11.6 Å². The topological polar surface area (TPSA) is 129 Å². The highest BCUT2D eigenvalue weighted by Crippen LogP contribution is 2.27. The maximum Gasteiger partial charge on any atom is 0.343 e. The molecule has 0 bridgehead atoms. The van der Waals surface area contributed by atoms with E-state index in [4.69, 9.17) is 14.2 Å². The second-order valence-electron chi connectivity index (χ2n) is 6.54. The van der Waals surface area contributed by atoms with Crippen LogP contribution in [0.2, 0.25) is 0 Å². The molecule has 0 aliphatic rings. The van der Waals surface area contributed by atoms with Crippen LogP contribution in [0.3, 0.4) is 0 Å². The number of ether oxygens (including phenoxy) is 3. The van der Waals surface area contributed by atoms with Crippen LogP contribution in [0, 0.1) is 10.1 Å². The molecule has 0 aliphatic heterocycles. The molecule has 10 heteroatoms. The standard InChI is InChI=1S/C23H19N3O7/c1-31-20-10-9-16(13-21(20)32-2)22(27)25-24-14-15-5-3-8-19(11-15)33-23(28)17-6-4-7-18(12-17)26(29)30/h3-14H,1-2H3,(H,25,27). The second kappa shape index (κ2) is 10.5. The predicted molar refractivity (Wildman–Crippen MR) is 119 cm³/mol. The molecule has 0 atom stereocenters. The van der Waals surface area contributed by atoms with Crippen LogP contribution in [0.15, 0.2) is 71.8 Å². The van der Waals surface area contributed by atoms with Crippen LogP contribution in [-0.4, -0.2) is 37.2 Å². The van der Waals surface area contributed by atoms with Crippen molar-refractivity contribution < 1.29 is 28.7 Å². The lowest BCUT2D eigenvalue weighted by Gasteiger charge is -2.08. The molecular formula is C23H19N3O7. The van der Waals surface area contributed by atoms with E-state index < -0.39 is 16.8 Å². The zero-order valence-electron chi connectivity index (χ0n) is 17.7. The lowest BCUT2D eigenvalue weighted by Crippen LogP contribution is -2.17. The normalized spacial score (nSPS) is 10.5. The highest BCUT2D eigenvalue weighted by molar-refractivity contribution is 5.95. The van der Waals surface area contributed by atoms with Crippen LogP contribution in [-0.2, 0) is 0 Å². The highest BCUT2D eigenvalue weighted by Gasteiger charge is 2.14. The van der Waals surface area contributed by atoms with Crippen LogP contribution in [0.25, 0.3) is 0 Å². The van der Waals surface area contributed by atoms with Gasteiger partial charge in [-0.05, 0) is 42.0 Å². The van der Waals surface area contributed by atoms with Gasteiger partial charge in [0, 0.05) is 17.7 Å². The van der Waals surface area contributed by atoms with E-state index in [2.05, 4.69) is 10.5 Å². The number of esters is 1. The molecule has 0 unspecified atom stereocenters. The summed E-state index contributed by atoms with van der Waals surface area (Å²) in [5.41, 5.74) is 3.11. The molecule has 3 rings (SSSR count). The predicted octanol–water partition coefficient (Wildman–Crippen LogP) is 3.60. The fraction of sp³-hybridized carbons (Fsp3) is 0.0870. The minimum absolute atomic E-state index is 0.0467. The minimum Gasteiger partial charge on any atom is -0.493 e. The van der Waals surface area contributed by atoms with Gasteiger partial charge < -0.3 is 14.2 Å². The third-order valence-electron chi connectivity index (χ3n) is 4.39. The van der Waals surface area contributed by atoms with Crippen LogP contribution in [0.5, 0.6) is 17.2 Å². The number of hydrogen-bond acceptors (Lipinski definition) is 8. The van der Waals surface area contributed by atoms with Crippen LogP contribution in [0.1, 0.15) is 26.3 Å². The monoisotopic (exact) mass is 449 g/mol. The Morgan fingerprint density at radius 2 is 1.70 bits per heavy atom. The Balaban J connectivity index is 1.65. The fourth-order valence-electron chi connectivity index (χ4n) is 2.78. The van der Waals surface area contributed by atoms with Crippen LogP contribution >= 0.6 is 0 Å². The van der Waals surface area contributed by atoms with E-state index in [1.54, 1.807) is 30.3 Å². The van der Waals surface area contributed by atoms with Crippen molar-refractivity contribution in [2.75, 3.05) is 14.2 Å². The molecular weight excluding hydrogens is 430 g/mol. The Kier molecular flexibility index (Phi) is 7.32. The van der Waals surface area contributed by atoms with Crippen molar-refractivity contribution in [2.24, 2.45) is 5.10 Å². The first kappa shape index (κ1) is 22.9. The molecule has 0 heterocycles. The summed E-state index contributed by atoms with van der Waals surface area (Å²) in [7, 11) is 2.97. The fourth-order valence-corrected chi connectivity index (χ4v) is 2.78. The van der Waals surface area contributed by atoms with Crippen molar-refractivity contribution in [3.05, 3.63) is 93.5 Å². The van der Waals surface area contributed by atoms with Gasteiger partial charge >= 0.3 is 5.97 Å². The number of benzene rings is 3. The Bertz CT molecular complexity index is 1220. The summed E-state index contributed by atoms with van der Waals surface area (Å²) >= 11 is 0. The van der Waals surface area contributed by atoms with E-state index in [1.165, 1.54) is 50.8 Å². The number of amides is 1. The van der Waals surface area contributed by atoms with Crippen molar-refractivity contribution in [3.63, 3.8) is 0 Å². The van der Waals surface area contributed by atoms with Gasteiger partial charge in [0.15, 0.2) is 11.5 Å². The van der Waals surface area contributed by atoms with Crippen molar-refractivity contribution >= 4 is 23.8 Å².